The van der Waals surface area contributed by atoms with E-state index in [1.54, 1.807) is 6.92 Å². The number of carbonyl (C=O) groups is 2. The summed E-state index contributed by atoms with van der Waals surface area (Å²) in [5.74, 6) is -3.98. The van der Waals surface area contributed by atoms with Gasteiger partial charge in [-0.1, -0.05) is 6.07 Å². The molecular formula is C19H21ClFNO6. The Morgan fingerprint density at radius 1 is 1.11 bits per heavy atom. The molecule has 0 aliphatic rings. The van der Waals surface area contributed by atoms with Crippen LogP contribution in [-0.2, 0) is 9.53 Å². The van der Waals surface area contributed by atoms with Crippen molar-refractivity contribution < 1.29 is 34.0 Å². The van der Waals surface area contributed by atoms with Gasteiger partial charge in [-0.2, -0.15) is 0 Å². The van der Waals surface area contributed by atoms with Crippen LogP contribution in [-0.4, -0.2) is 39.4 Å². The minimum atomic E-state index is -1.32. The van der Waals surface area contributed by atoms with Gasteiger partial charge in [0.1, 0.15) is 18.0 Å². The lowest BCUT2D eigenvalue weighted by molar-refractivity contribution is -0.139. The van der Waals surface area contributed by atoms with E-state index in [2.05, 4.69) is 0 Å². The van der Waals surface area contributed by atoms with Gasteiger partial charge in [-0.05, 0) is 55.3 Å². The van der Waals surface area contributed by atoms with E-state index in [1.807, 2.05) is 0 Å². The summed E-state index contributed by atoms with van der Waals surface area (Å²) in [6.45, 7) is 1.57. The van der Waals surface area contributed by atoms with Gasteiger partial charge < -0.3 is 25.8 Å². The second-order valence-corrected chi connectivity index (χ2v) is 6.18. The number of hydrogen-bond donors (Lipinski definition) is 4. The highest BCUT2D eigenvalue weighted by Crippen LogP contribution is 2.32. The molecule has 0 aliphatic heterocycles. The Bertz CT molecular complexity index is 830. The first-order valence-electron chi connectivity index (χ1n) is 8.16. The van der Waals surface area contributed by atoms with Gasteiger partial charge in [-0.25, -0.2) is 9.18 Å². The average molecular weight is 414 g/mol. The van der Waals surface area contributed by atoms with Crippen molar-refractivity contribution in [2.24, 2.45) is 5.73 Å². The molecule has 2 aromatic rings. The fourth-order valence-electron chi connectivity index (χ4n) is 2.68. The molecule has 0 spiro atoms. The number of carboxylic acid groups (broad SMARTS) is 1. The zero-order chi connectivity index (χ0) is 20.1. The molecule has 0 fully saturated rings. The Balaban J connectivity index is 0.00000392. The summed E-state index contributed by atoms with van der Waals surface area (Å²) in [4.78, 5) is 23.5. The van der Waals surface area contributed by atoms with Crippen molar-refractivity contribution in [1.82, 2.24) is 0 Å². The van der Waals surface area contributed by atoms with Crippen molar-refractivity contribution in [3.8, 4) is 11.5 Å². The smallest absolute Gasteiger partial charge is 0.338 e. The number of carboxylic acids is 1. The van der Waals surface area contributed by atoms with Gasteiger partial charge in [0.05, 0.1) is 5.56 Å². The lowest BCUT2D eigenvalue weighted by Gasteiger charge is -2.25. The Morgan fingerprint density at radius 2 is 1.71 bits per heavy atom. The highest BCUT2D eigenvalue weighted by atomic mass is 35.5. The second kappa shape index (κ2) is 9.91. The monoisotopic (exact) mass is 413 g/mol. The van der Waals surface area contributed by atoms with Crippen LogP contribution in [0.1, 0.15) is 35.2 Å². The summed E-state index contributed by atoms with van der Waals surface area (Å²) in [5, 5.41) is 28.3. The van der Waals surface area contributed by atoms with Gasteiger partial charge >= 0.3 is 11.9 Å². The number of carbonyl (C=O) groups excluding carboxylic acids is 1. The van der Waals surface area contributed by atoms with Crippen molar-refractivity contribution in [2.75, 3.05) is 0 Å². The maximum atomic E-state index is 12.9. The van der Waals surface area contributed by atoms with Crippen LogP contribution in [0.4, 0.5) is 4.39 Å². The van der Waals surface area contributed by atoms with Crippen LogP contribution in [0, 0.1) is 5.82 Å². The largest absolute Gasteiger partial charge is 0.504 e. The first kappa shape index (κ1) is 23.2. The third-order valence-corrected chi connectivity index (χ3v) is 4.12. The average Bonchev–Trinajstić information content (AvgIpc) is 2.62. The predicted molar refractivity (Wildman–Crippen MR) is 101 cm³/mol. The predicted octanol–water partition coefficient (Wildman–Crippen LogP) is 2.79. The number of esters is 1. The minimum Gasteiger partial charge on any atom is -0.504 e. The first-order valence-corrected chi connectivity index (χ1v) is 8.16. The number of rotatable bonds is 7. The standard InChI is InChI=1S/C19H20FNO6.ClH/c1-10(27-19(26)11-2-5-13(20)6-3-11)8-14(17(21)18(24)25)12-4-7-15(22)16(23)9-12;/h2-7,9-10,14,17,22-23H,8,21H2,1H3,(H,24,25);1H/t10-,14?,17+;/m1./s1. The molecule has 152 valence electrons. The summed E-state index contributed by atoms with van der Waals surface area (Å²) in [5.41, 5.74) is 6.30. The summed E-state index contributed by atoms with van der Waals surface area (Å²) in [6, 6.07) is 7.38. The molecule has 0 heterocycles. The van der Waals surface area contributed by atoms with Gasteiger partial charge in [0.25, 0.3) is 0 Å². The number of phenolic OH excluding ortho intramolecular Hbond substituents is 2. The third-order valence-electron chi connectivity index (χ3n) is 4.12. The van der Waals surface area contributed by atoms with E-state index in [-0.39, 0.29) is 30.1 Å². The van der Waals surface area contributed by atoms with E-state index in [9.17, 15) is 29.3 Å². The van der Waals surface area contributed by atoms with E-state index in [4.69, 9.17) is 10.5 Å². The highest BCUT2D eigenvalue weighted by molar-refractivity contribution is 5.89. The number of hydrogen-bond acceptors (Lipinski definition) is 6. The molecule has 9 heteroatoms. The molecule has 1 unspecified atom stereocenters. The molecule has 0 bridgehead atoms. The molecule has 0 saturated heterocycles. The maximum absolute atomic E-state index is 12.9. The van der Waals surface area contributed by atoms with Crippen molar-refractivity contribution in [3.05, 3.63) is 59.4 Å². The van der Waals surface area contributed by atoms with Crippen LogP contribution in [0.5, 0.6) is 11.5 Å². The topological polar surface area (TPSA) is 130 Å². The normalized spacial score (nSPS) is 13.7. The fourth-order valence-corrected chi connectivity index (χ4v) is 2.68. The number of aromatic hydroxyl groups is 2. The SMILES string of the molecule is C[C@H](CC(c1ccc(O)c(O)c1)[C@H](N)C(=O)O)OC(=O)c1ccc(F)cc1.Cl. The summed E-state index contributed by atoms with van der Waals surface area (Å²) < 4.78 is 18.2. The van der Waals surface area contributed by atoms with Gasteiger partial charge in [-0.3, -0.25) is 4.79 Å². The van der Waals surface area contributed by atoms with Crippen LogP contribution in [0.25, 0.3) is 0 Å². The number of halogens is 2. The fraction of sp³-hybridized carbons (Fsp3) is 0.263. The maximum Gasteiger partial charge on any atom is 0.338 e. The lowest BCUT2D eigenvalue weighted by Crippen LogP contribution is -2.38. The molecule has 7 nitrogen and oxygen atoms in total. The van der Waals surface area contributed by atoms with Crippen molar-refractivity contribution in [2.45, 2.75) is 31.4 Å². The number of nitrogens with two attached hydrogens (primary N) is 1. The first-order chi connectivity index (χ1) is 12.7. The molecule has 0 saturated carbocycles. The molecule has 0 aromatic heterocycles. The highest BCUT2D eigenvalue weighted by Gasteiger charge is 2.29. The van der Waals surface area contributed by atoms with Crippen molar-refractivity contribution in [3.63, 3.8) is 0 Å². The molecule has 3 atom stereocenters. The van der Waals surface area contributed by atoms with Gasteiger partial charge in [0, 0.05) is 5.92 Å². The van der Waals surface area contributed by atoms with E-state index in [1.165, 1.54) is 30.3 Å². The van der Waals surface area contributed by atoms with E-state index in [0.717, 1.165) is 12.1 Å². The zero-order valence-electron chi connectivity index (χ0n) is 14.9. The summed E-state index contributed by atoms with van der Waals surface area (Å²) in [7, 11) is 0. The van der Waals surface area contributed by atoms with Crippen LogP contribution in [0.15, 0.2) is 42.5 Å². The number of benzene rings is 2. The Hall–Kier alpha value is -2.84. The number of aliphatic carboxylic acids is 1. The van der Waals surface area contributed by atoms with Crippen molar-refractivity contribution in [1.29, 1.82) is 0 Å². The molecule has 28 heavy (non-hydrogen) atoms. The molecular weight excluding hydrogens is 393 g/mol. The van der Waals surface area contributed by atoms with Crippen LogP contribution in [0.3, 0.4) is 0 Å². The van der Waals surface area contributed by atoms with Crippen LogP contribution < -0.4 is 5.73 Å². The summed E-state index contributed by atoms with van der Waals surface area (Å²) in [6.07, 6.45) is -0.654. The second-order valence-electron chi connectivity index (χ2n) is 6.18. The molecule has 2 aromatic carbocycles. The van der Waals surface area contributed by atoms with E-state index < -0.39 is 41.6 Å². The minimum absolute atomic E-state index is 0. The summed E-state index contributed by atoms with van der Waals surface area (Å²) >= 11 is 0. The van der Waals surface area contributed by atoms with Crippen LogP contribution in [0.2, 0.25) is 0 Å². The Labute approximate surface area is 167 Å². The molecule has 2 rings (SSSR count). The quantitative estimate of drug-likeness (QED) is 0.405. The van der Waals surface area contributed by atoms with Crippen LogP contribution >= 0.6 is 12.4 Å². The molecule has 5 N–H and O–H groups in total. The number of ether oxygens (including phenoxy) is 1. The number of phenols is 2. The molecule has 0 aliphatic carbocycles. The van der Waals surface area contributed by atoms with Gasteiger partial charge in [-0.15, -0.1) is 12.4 Å². The Kier molecular flexibility index (Phi) is 8.21. The van der Waals surface area contributed by atoms with Crippen molar-refractivity contribution >= 4 is 24.3 Å². The molecule has 0 radical (unpaired) electrons. The third kappa shape index (κ3) is 5.83. The van der Waals surface area contributed by atoms with E-state index >= 15 is 0 Å². The lowest BCUT2D eigenvalue weighted by atomic mass is 9.87. The van der Waals surface area contributed by atoms with E-state index in [0.29, 0.717) is 5.56 Å². The molecule has 0 amide bonds. The zero-order valence-corrected chi connectivity index (χ0v) is 15.7. The Morgan fingerprint density at radius 3 is 2.25 bits per heavy atom. The van der Waals surface area contributed by atoms with Gasteiger partial charge in [0.2, 0.25) is 0 Å². The van der Waals surface area contributed by atoms with Gasteiger partial charge in [0.15, 0.2) is 11.5 Å².